The van der Waals surface area contributed by atoms with Gasteiger partial charge in [0.25, 0.3) is 0 Å². The molecule has 0 radical (unpaired) electrons. The van der Waals surface area contributed by atoms with Crippen LogP contribution < -0.4 is 0 Å². The van der Waals surface area contributed by atoms with Gasteiger partial charge in [-0.15, -0.1) is 0 Å². The van der Waals surface area contributed by atoms with Crippen LogP contribution in [0.2, 0.25) is 0 Å². The van der Waals surface area contributed by atoms with Gasteiger partial charge in [-0.3, -0.25) is 0 Å². The number of benzene rings is 8. The SMILES string of the molecule is c1ccc(-c2ccc(-c3cc(-c4ccccc4)c4oc5c(-c6nc(-c7ccccc7)nc(-c7cccc(-c8ccccc8)c7)n6)cccc5c4c3)cc2)cc1. The Labute approximate surface area is 319 Å². The van der Waals surface area contributed by atoms with E-state index in [4.69, 9.17) is 19.4 Å². The largest absolute Gasteiger partial charge is 0.455 e. The second-order valence-corrected chi connectivity index (χ2v) is 13.6. The monoisotopic (exact) mass is 703 g/mol. The Morgan fingerprint density at radius 2 is 0.709 bits per heavy atom. The van der Waals surface area contributed by atoms with Crippen molar-refractivity contribution >= 4 is 21.9 Å². The summed E-state index contributed by atoms with van der Waals surface area (Å²) in [7, 11) is 0. The van der Waals surface area contributed by atoms with Gasteiger partial charge in [0.05, 0.1) is 5.56 Å². The number of aromatic nitrogens is 3. The molecule has 0 amide bonds. The zero-order valence-corrected chi connectivity index (χ0v) is 29.8. The van der Waals surface area contributed by atoms with Gasteiger partial charge in [-0.25, -0.2) is 15.0 Å². The first-order valence-corrected chi connectivity index (χ1v) is 18.4. The minimum atomic E-state index is 0.552. The number of para-hydroxylation sites is 1. The van der Waals surface area contributed by atoms with Crippen LogP contribution in [0, 0.1) is 0 Å². The summed E-state index contributed by atoms with van der Waals surface area (Å²) in [5.74, 6) is 1.75. The van der Waals surface area contributed by atoms with Crippen molar-refractivity contribution in [1.82, 2.24) is 15.0 Å². The summed E-state index contributed by atoms with van der Waals surface area (Å²) < 4.78 is 6.96. The van der Waals surface area contributed by atoms with Crippen LogP contribution in [-0.4, -0.2) is 15.0 Å². The fourth-order valence-corrected chi connectivity index (χ4v) is 7.37. The van der Waals surface area contributed by atoms with Crippen molar-refractivity contribution in [3.05, 3.63) is 200 Å². The number of nitrogens with zero attached hydrogens (tertiary/aromatic N) is 3. The predicted octanol–water partition coefficient (Wildman–Crippen LogP) is 13.4. The van der Waals surface area contributed by atoms with Crippen molar-refractivity contribution in [2.24, 2.45) is 0 Å². The van der Waals surface area contributed by atoms with Gasteiger partial charge in [-0.1, -0.05) is 176 Å². The number of furan rings is 1. The molecule has 10 aromatic rings. The molecule has 0 saturated heterocycles. The van der Waals surface area contributed by atoms with Crippen LogP contribution >= 0.6 is 0 Å². The topological polar surface area (TPSA) is 51.8 Å². The van der Waals surface area contributed by atoms with E-state index in [-0.39, 0.29) is 0 Å². The number of hydrogen-bond donors (Lipinski definition) is 0. The number of fused-ring (bicyclic) bond motifs is 3. The minimum absolute atomic E-state index is 0.552. The molecule has 4 heteroatoms. The van der Waals surface area contributed by atoms with Gasteiger partial charge >= 0.3 is 0 Å². The highest BCUT2D eigenvalue weighted by atomic mass is 16.3. The molecule has 0 bridgehead atoms. The predicted molar refractivity (Wildman–Crippen MR) is 225 cm³/mol. The maximum Gasteiger partial charge on any atom is 0.167 e. The average molecular weight is 704 g/mol. The Morgan fingerprint density at radius 1 is 0.255 bits per heavy atom. The van der Waals surface area contributed by atoms with Crippen LogP contribution in [0.5, 0.6) is 0 Å². The standard InChI is InChI=1S/C51H33N3O/c1-5-15-34(16-6-1)36-27-29-37(30-28-36)42-32-45(38-19-9-3-10-20-38)48-46(33-42)43-25-14-26-44(47(43)55-48)51-53-49(39-21-11-4-12-22-39)52-50(54-51)41-24-13-23-40(31-41)35-17-7-2-8-18-35/h1-33H. The Hall–Kier alpha value is -7.43. The van der Waals surface area contributed by atoms with E-state index in [0.29, 0.717) is 17.5 Å². The fourth-order valence-electron chi connectivity index (χ4n) is 7.37. The Bertz CT molecular complexity index is 2940. The van der Waals surface area contributed by atoms with Crippen LogP contribution in [-0.2, 0) is 0 Å². The van der Waals surface area contributed by atoms with Crippen LogP contribution in [0.25, 0.3) is 101 Å². The molecule has 0 saturated carbocycles. The van der Waals surface area contributed by atoms with E-state index in [1.54, 1.807) is 0 Å². The lowest BCUT2D eigenvalue weighted by Crippen LogP contribution is -2.00. The van der Waals surface area contributed by atoms with Gasteiger partial charge < -0.3 is 4.42 Å². The summed E-state index contributed by atoms with van der Waals surface area (Å²) in [4.78, 5) is 15.3. The van der Waals surface area contributed by atoms with Crippen molar-refractivity contribution in [2.45, 2.75) is 0 Å². The summed E-state index contributed by atoms with van der Waals surface area (Å²) in [5, 5.41) is 2.04. The third-order valence-corrected chi connectivity index (χ3v) is 10.1. The smallest absolute Gasteiger partial charge is 0.167 e. The Kier molecular flexibility index (Phi) is 8.12. The van der Waals surface area contributed by atoms with Crippen LogP contribution in [0.1, 0.15) is 0 Å². The van der Waals surface area contributed by atoms with Gasteiger partial charge in [0, 0.05) is 27.5 Å². The molecule has 0 aliphatic heterocycles. The molecule has 10 rings (SSSR count). The van der Waals surface area contributed by atoms with E-state index in [1.165, 1.54) is 11.1 Å². The van der Waals surface area contributed by atoms with Gasteiger partial charge in [0.15, 0.2) is 17.5 Å². The maximum absolute atomic E-state index is 6.96. The first-order valence-electron chi connectivity index (χ1n) is 18.4. The summed E-state index contributed by atoms with van der Waals surface area (Å²) in [6.07, 6.45) is 0. The molecule has 2 aromatic heterocycles. The average Bonchev–Trinajstić information content (AvgIpc) is 3.66. The summed E-state index contributed by atoms with van der Waals surface area (Å²) >= 11 is 0. The van der Waals surface area contributed by atoms with E-state index in [2.05, 4.69) is 146 Å². The maximum atomic E-state index is 6.96. The zero-order chi connectivity index (χ0) is 36.6. The van der Waals surface area contributed by atoms with Gasteiger partial charge in [0.1, 0.15) is 11.2 Å². The molecule has 2 heterocycles. The normalized spacial score (nSPS) is 11.3. The van der Waals surface area contributed by atoms with Crippen molar-refractivity contribution in [1.29, 1.82) is 0 Å². The summed E-state index contributed by atoms with van der Waals surface area (Å²) in [6, 6.07) is 69.3. The van der Waals surface area contributed by atoms with Crippen molar-refractivity contribution in [2.75, 3.05) is 0 Å². The third-order valence-electron chi connectivity index (χ3n) is 10.1. The molecular formula is C51H33N3O. The summed E-state index contributed by atoms with van der Waals surface area (Å²) in [5.41, 5.74) is 13.2. The summed E-state index contributed by atoms with van der Waals surface area (Å²) in [6.45, 7) is 0. The van der Waals surface area contributed by atoms with Crippen molar-refractivity contribution < 1.29 is 4.42 Å². The van der Waals surface area contributed by atoms with Gasteiger partial charge in [-0.2, -0.15) is 0 Å². The first kappa shape index (κ1) is 32.2. The van der Waals surface area contributed by atoms with E-state index < -0.39 is 0 Å². The molecule has 0 fully saturated rings. The van der Waals surface area contributed by atoms with Gasteiger partial charge in [0.2, 0.25) is 0 Å². The highest BCUT2D eigenvalue weighted by Crippen LogP contribution is 2.42. The molecule has 0 atom stereocenters. The highest BCUT2D eigenvalue weighted by Gasteiger charge is 2.21. The minimum Gasteiger partial charge on any atom is -0.455 e. The second-order valence-electron chi connectivity index (χ2n) is 13.6. The quantitative estimate of drug-likeness (QED) is 0.166. The third kappa shape index (κ3) is 6.16. The molecule has 0 unspecified atom stereocenters. The number of rotatable bonds is 7. The Balaban J connectivity index is 1.16. The molecule has 0 spiro atoms. The van der Waals surface area contributed by atoms with E-state index >= 15 is 0 Å². The van der Waals surface area contributed by atoms with E-state index in [1.807, 2.05) is 54.6 Å². The van der Waals surface area contributed by atoms with Crippen LogP contribution in [0.15, 0.2) is 205 Å². The lowest BCUT2D eigenvalue weighted by Gasteiger charge is -2.10. The molecule has 258 valence electrons. The first-order chi connectivity index (χ1) is 27.2. The number of hydrogen-bond acceptors (Lipinski definition) is 4. The molecular weight excluding hydrogens is 671 g/mol. The van der Waals surface area contributed by atoms with E-state index in [9.17, 15) is 0 Å². The van der Waals surface area contributed by atoms with Crippen molar-refractivity contribution in [3.8, 4) is 78.7 Å². The molecule has 0 N–H and O–H groups in total. The Morgan fingerprint density at radius 3 is 1.36 bits per heavy atom. The molecule has 0 aliphatic carbocycles. The fraction of sp³-hybridized carbons (Fsp3) is 0. The molecule has 8 aromatic carbocycles. The van der Waals surface area contributed by atoms with E-state index in [0.717, 1.165) is 72.0 Å². The lowest BCUT2D eigenvalue weighted by atomic mass is 9.94. The second kappa shape index (κ2) is 13.8. The molecule has 55 heavy (non-hydrogen) atoms. The molecule has 4 nitrogen and oxygen atoms in total. The zero-order valence-electron chi connectivity index (χ0n) is 29.8. The van der Waals surface area contributed by atoms with Crippen LogP contribution in [0.4, 0.5) is 0 Å². The lowest BCUT2D eigenvalue weighted by molar-refractivity contribution is 0.670. The molecule has 0 aliphatic rings. The van der Waals surface area contributed by atoms with Crippen molar-refractivity contribution in [3.63, 3.8) is 0 Å². The van der Waals surface area contributed by atoms with Crippen LogP contribution in [0.3, 0.4) is 0 Å². The van der Waals surface area contributed by atoms with Gasteiger partial charge in [-0.05, 0) is 63.2 Å². The highest BCUT2D eigenvalue weighted by molar-refractivity contribution is 6.14.